The molecule has 138 valence electrons. The first kappa shape index (κ1) is 17.9. The van der Waals surface area contributed by atoms with E-state index in [2.05, 4.69) is 25.9 Å². The van der Waals surface area contributed by atoms with E-state index in [1.165, 1.54) is 19.2 Å². The number of carbonyl (C=O) groups excluding carboxylic acids is 1. The number of hydrogen-bond donors (Lipinski definition) is 4. The maximum atomic E-state index is 14.0. The second-order valence-electron chi connectivity index (χ2n) is 5.35. The number of phenolic OH excluding ortho intramolecular Hbond substituents is 1. The zero-order chi connectivity index (χ0) is 19.2. The smallest absolute Gasteiger partial charge is 0.412 e. The number of benzene rings is 2. The fraction of sp³-hybridized carbons (Fsp3) is 0.0556. The molecule has 3 aromatic rings. The molecular formula is C18H16FN5O3. The van der Waals surface area contributed by atoms with Crippen LogP contribution in [0.5, 0.6) is 11.5 Å². The maximum absolute atomic E-state index is 14.0. The number of hydrogen-bond acceptors (Lipinski definition) is 7. The molecule has 0 aliphatic heterocycles. The van der Waals surface area contributed by atoms with Crippen LogP contribution in [0.2, 0.25) is 0 Å². The van der Waals surface area contributed by atoms with Gasteiger partial charge in [0.25, 0.3) is 0 Å². The lowest BCUT2D eigenvalue weighted by Crippen LogP contribution is -2.22. The van der Waals surface area contributed by atoms with E-state index in [0.717, 1.165) is 6.20 Å². The summed E-state index contributed by atoms with van der Waals surface area (Å²) in [7, 11) is 1.46. The highest BCUT2D eigenvalue weighted by Gasteiger charge is 2.09. The molecule has 1 heterocycles. The fourth-order valence-corrected chi connectivity index (χ4v) is 2.12. The summed E-state index contributed by atoms with van der Waals surface area (Å²) in [5, 5.41) is 17.4. The van der Waals surface area contributed by atoms with Crippen molar-refractivity contribution in [3.8, 4) is 11.5 Å². The van der Waals surface area contributed by atoms with Crippen molar-refractivity contribution in [2.24, 2.45) is 0 Å². The van der Waals surface area contributed by atoms with Crippen molar-refractivity contribution in [1.29, 1.82) is 0 Å². The summed E-state index contributed by atoms with van der Waals surface area (Å²) in [6, 6.07) is 12.7. The summed E-state index contributed by atoms with van der Waals surface area (Å²) in [6.45, 7) is 0. The van der Waals surface area contributed by atoms with Crippen LogP contribution in [0.3, 0.4) is 0 Å². The number of nitrogens with one attached hydrogen (secondary N) is 3. The maximum Gasteiger partial charge on any atom is 0.412 e. The van der Waals surface area contributed by atoms with Gasteiger partial charge in [-0.2, -0.15) is 4.98 Å². The molecule has 0 aliphatic rings. The molecule has 0 radical (unpaired) electrons. The number of ether oxygens (including phenoxy) is 1. The number of phenols is 1. The molecule has 2 aromatic carbocycles. The normalized spacial score (nSPS) is 10.1. The average molecular weight is 369 g/mol. The van der Waals surface area contributed by atoms with Crippen LogP contribution < -0.4 is 20.7 Å². The fourth-order valence-electron chi connectivity index (χ4n) is 2.12. The van der Waals surface area contributed by atoms with Gasteiger partial charge in [-0.1, -0.05) is 6.07 Å². The van der Waals surface area contributed by atoms with Crippen LogP contribution >= 0.6 is 0 Å². The SMILES string of the molecule is CNC(=O)Oc1cccc(Nc2ncc(F)c(Nc3ccc(O)cc3)n2)c1. The van der Waals surface area contributed by atoms with Crippen molar-refractivity contribution < 1.29 is 19.0 Å². The first-order chi connectivity index (χ1) is 13.0. The van der Waals surface area contributed by atoms with Crippen molar-refractivity contribution >= 4 is 29.2 Å². The van der Waals surface area contributed by atoms with Crippen LogP contribution in [0.1, 0.15) is 0 Å². The summed E-state index contributed by atoms with van der Waals surface area (Å²) in [6.07, 6.45) is 0.439. The van der Waals surface area contributed by atoms with E-state index >= 15 is 0 Å². The van der Waals surface area contributed by atoms with Crippen molar-refractivity contribution in [2.75, 3.05) is 17.7 Å². The summed E-state index contributed by atoms with van der Waals surface area (Å²) < 4.78 is 19.0. The highest BCUT2D eigenvalue weighted by molar-refractivity contribution is 5.70. The van der Waals surface area contributed by atoms with Crippen LogP contribution in [-0.2, 0) is 0 Å². The van der Waals surface area contributed by atoms with Crippen molar-refractivity contribution in [2.45, 2.75) is 0 Å². The number of rotatable bonds is 5. The predicted octanol–water partition coefficient (Wildman–Crippen LogP) is 3.53. The number of nitrogens with zero attached hydrogens (tertiary/aromatic N) is 2. The number of amides is 1. The van der Waals surface area contributed by atoms with Crippen LogP contribution in [-0.4, -0.2) is 28.2 Å². The zero-order valence-corrected chi connectivity index (χ0v) is 14.2. The Morgan fingerprint density at radius 3 is 2.63 bits per heavy atom. The van der Waals surface area contributed by atoms with Gasteiger partial charge in [0.1, 0.15) is 11.5 Å². The molecule has 0 atom stereocenters. The first-order valence-electron chi connectivity index (χ1n) is 7.89. The summed E-state index contributed by atoms with van der Waals surface area (Å²) >= 11 is 0. The van der Waals surface area contributed by atoms with Gasteiger partial charge in [-0.05, 0) is 36.4 Å². The minimum absolute atomic E-state index is 0.0315. The van der Waals surface area contributed by atoms with Crippen LogP contribution in [0.4, 0.5) is 32.3 Å². The standard InChI is InChI=1S/C18H16FN5O3/c1-20-18(26)27-14-4-2-3-12(9-14)23-17-21-10-15(19)16(24-17)22-11-5-7-13(25)8-6-11/h2-10,25H,1H3,(H,20,26)(H2,21,22,23,24). The Morgan fingerprint density at radius 2 is 1.89 bits per heavy atom. The van der Waals surface area contributed by atoms with Gasteiger partial charge in [0.2, 0.25) is 5.95 Å². The summed E-state index contributed by atoms with van der Waals surface area (Å²) in [5.41, 5.74) is 1.11. The topological polar surface area (TPSA) is 108 Å². The van der Waals surface area contributed by atoms with E-state index in [1.807, 2.05) is 0 Å². The predicted molar refractivity (Wildman–Crippen MR) is 98.2 cm³/mol. The Bertz CT molecular complexity index is 950. The monoisotopic (exact) mass is 369 g/mol. The molecule has 9 heteroatoms. The molecule has 0 saturated heterocycles. The molecule has 3 rings (SSSR count). The summed E-state index contributed by atoms with van der Waals surface area (Å²) in [4.78, 5) is 19.3. The second kappa shape index (κ2) is 8.00. The van der Waals surface area contributed by atoms with Crippen molar-refractivity contribution in [3.63, 3.8) is 0 Å². The largest absolute Gasteiger partial charge is 0.508 e. The molecule has 1 aromatic heterocycles. The highest BCUT2D eigenvalue weighted by atomic mass is 19.1. The van der Waals surface area contributed by atoms with Gasteiger partial charge in [-0.25, -0.2) is 14.2 Å². The molecule has 0 saturated carbocycles. The molecule has 1 amide bonds. The molecule has 4 N–H and O–H groups in total. The van der Waals surface area contributed by atoms with Crippen molar-refractivity contribution in [3.05, 3.63) is 60.5 Å². The number of carbonyl (C=O) groups is 1. The van der Waals surface area contributed by atoms with E-state index < -0.39 is 11.9 Å². The minimum Gasteiger partial charge on any atom is -0.508 e. The lowest BCUT2D eigenvalue weighted by molar-refractivity contribution is 0.203. The van der Waals surface area contributed by atoms with Gasteiger partial charge in [0.05, 0.1) is 6.20 Å². The van der Waals surface area contributed by atoms with Gasteiger partial charge in [-0.15, -0.1) is 0 Å². The van der Waals surface area contributed by atoms with Gasteiger partial charge in [-0.3, -0.25) is 0 Å². The lowest BCUT2D eigenvalue weighted by Gasteiger charge is -2.10. The number of aromatic hydroxyl groups is 1. The lowest BCUT2D eigenvalue weighted by atomic mass is 10.3. The number of halogens is 1. The Hall–Kier alpha value is -3.88. The van der Waals surface area contributed by atoms with E-state index in [4.69, 9.17) is 4.74 Å². The van der Waals surface area contributed by atoms with Crippen molar-refractivity contribution in [1.82, 2.24) is 15.3 Å². The van der Waals surface area contributed by atoms with Crippen LogP contribution in [0.25, 0.3) is 0 Å². The minimum atomic E-state index is -0.634. The molecule has 0 bridgehead atoms. The Morgan fingerprint density at radius 1 is 1.11 bits per heavy atom. The van der Waals surface area contributed by atoms with Gasteiger partial charge in [0.15, 0.2) is 11.6 Å². The Balaban J connectivity index is 1.77. The molecule has 0 aliphatic carbocycles. The molecule has 0 fully saturated rings. The average Bonchev–Trinajstić information content (AvgIpc) is 2.66. The molecular weight excluding hydrogens is 353 g/mol. The Kier molecular flexibility index (Phi) is 5.31. The second-order valence-corrected chi connectivity index (χ2v) is 5.35. The van der Waals surface area contributed by atoms with Gasteiger partial charge >= 0.3 is 6.09 Å². The quantitative estimate of drug-likeness (QED) is 0.510. The number of aromatic nitrogens is 2. The van der Waals surface area contributed by atoms with E-state index in [0.29, 0.717) is 17.1 Å². The Labute approximate surface area is 154 Å². The van der Waals surface area contributed by atoms with Crippen LogP contribution in [0.15, 0.2) is 54.7 Å². The van der Waals surface area contributed by atoms with E-state index in [1.54, 1.807) is 36.4 Å². The molecule has 27 heavy (non-hydrogen) atoms. The van der Waals surface area contributed by atoms with Gasteiger partial charge < -0.3 is 25.8 Å². The molecule has 0 unspecified atom stereocenters. The van der Waals surface area contributed by atoms with Gasteiger partial charge in [0, 0.05) is 24.5 Å². The first-order valence-corrected chi connectivity index (χ1v) is 7.89. The van der Waals surface area contributed by atoms with E-state index in [-0.39, 0.29) is 17.5 Å². The molecule has 0 spiro atoms. The zero-order valence-electron chi connectivity index (χ0n) is 14.2. The third-order valence-electron chi connectivity index (χ3n) is 3.38. The molecule has 8 nitrogen and oxygen atoms in total. The van der Waals surface area contributed by atoms with E-state index in [9.17, 15) is 14.3 Å². The number of anilines is 4. The third-order valence-corrected chi connectivity index (χ3v) is 3.38. The summed E-state index contributed by atoms with van der Waals surface area (Å²) in [5.74, 6) is -0.0927. The third kappa shape index (κ3) is 4.82. The highest BCUT2D eigenvalue weighted by Crippen LogP contribution is 2.23. The van der Waals surface area contributed by atoms with Crippen LogP contribution in [0, 0.1) is 5.82 Å².